The zero-order valence-corrected chi connectivity index (χ0v) is 9.92. The summed E-state index contributed by atoms with van der Waals surface area (Å²) in [5.41, 5.74) is 0.468. The lowest BCUT2D eigenvalue weighted by Crippen LogP contribution is -2.26. The summed E-state index contributed by atoms with van der Waals surface area (Å²) in [6.07, 6.45) is 3.42. The molecule has 0 aliphatic carbocycles. The monoisotopic (exact) mass is 189 g/mol. The van der Waals surface area contributed by atoms with Crippen LogP contribution in [0.15, 0.2) is 0 Å². The fourth-order valence-electron chi connectivity index (χ4n) is 0.852. The molecule has 0 bridgehead atoms. The normalized spacial score (nSPS) is 14.8. The Balaban J connectivity index is 3.22. The van der Waals surface area contributed by atoms with Crippen molar-refractivity contribution in [3.8, 4) is 0 Å². The highest BCUT2D eigenvalue weighted by molar-refractivity contribution is 7.99. The van der Waals surface area contributed by atoms with E-state index in [1.54, 1.807) is 0 Å². The molecule has 0 saturated carbocycles. The molecular weight excluding hydrogens is 166 g/mol. The van der Waals surface area contributed by atoms with Gasteiger partial charge in [0.05, 0.1) is 0 Å². The summed E-state index contributed by atoms with van der Waals surface area (Å²) in [6.45, 7) is 11.4. The Kier molecular flexibility index (Phi) is 6.02. The Hall–Kier alpha value is 0.310. The van der Waals surface area contributed by atoms with E-state index in [2.05, 4.69) is 39.3 Å². The van der Waals surface area contributed by atoms with E-state index in [1.165, 1.54) is 6.42 Å². The molecule has 2 heteroatoms. The summed E-state index contributed by atoms with van der Waals surface area (Å²) in [7, 11) is 0. The second-order valence-electron chi connectivity index (χ2n) is 4.56. The molecule has 0 aromatic rings. The zero-order valence-electron chi connectivity index (χ0n) is 9.11. The van der Waals surface area contributed by atoms with Gasteiger partial charge in [0, 0.05) is 11.8 Å². The van der Waals surface area contributed by atoms with Crippen molar-refractivity contribution in [2.45, 2.75) is 39.4 Å². The van der Waals surface area contributed by atoms with Crippen molar-refractivity contribution in [1.82, 2.24) is 5.32 Å². The topological polar surface area (TPSA) is 12.0 Å². The molecule has 0 fully saturated rings. The van der Waals surface area contributed by atoms with Crippen LogP contribution >= 0.6 is 11.8 Å². The molecule has 1 atom stereocenters. The molecule has 1 nitrogen and oxygen atoms in total. The minimum absolute atomic E-state index is 0.468. The van der Waals surface area contributed by atoms with Crippen LogP contribution in [0.3, 0.4) is 0 Å². The molecule has 0 aliphatic heterocycles. The smallest absolute Gasteiger partial charge is 0.0141 e. The summed E-state index contributed by atoms with van der Waals surface area (Å²) < 4.78 is 0. The third-order valence-electron chi connectivity index (χ3n) is 1.89. The first-order chi connectivity index (χ1) is 5.45. The number of hydrogen-bond acceptors (Lipinski definition) is 2. The van der Waals surface area contributed by atoms with Crippen molar-refractivity contribution < 1.29 is 0 Å². The maximum absolute atomic E-state index is 3.47. The summed E-state index contributed by atoms with van der Waals surface area (Å²) in [4.78, 5) is 0. The van der Waals surface area contributed by atoms with Gasteiger partial charge in [0.2, 0.25) is 0 Å². The SMILES string of the molecule is CSC(C)CNCCC(C)(C)C. The molecule has 0 radical (unpaired) electrons. The molecule has 0 spiro atoms. The highest BCUT2D eigenvalue weighted by Gasteiger charge is 2.08. The lowest BCUT2D eigenvalue weighted by Gasteiger charge is -2.18. The van der Waals surface area contributed by atoms with E-state index in [0.717, 1.165) is 18.3 Å². The highest BCUT2D eigenvalue weighted by atomic mass is 32.2. The van der Waals surface area contributed by atoms with Gasteiger partial charge in [-0.05, 0) is 24.6 Å². The first kappa shape index (κ1) is 12.3. The molecule has 0 rings (SSSR count). The number of thioether (sulfide) groups is 1. The van der Waals surface area contributed by atoms with E-state index in [4.69, 9.17) is 0 Å². The van der Waals surface area contributed by atoms with Crippen LogP contribution in [0.25, 0.3) is 0 Å². The Morgan fingerprint density at radius 2 is 1.92 bits per heavy atom. The number of nitrogens with one attached hydrogen (secondary N) is 1. The summed E-state index contributed by atoms with van der Waals surface area (Å²) >= 11 is 1.92. The van der Waals surface area contributed by atoms with Gasteiger partial charge in [-0.15, -0.1) is 0 Å². The Bertz CT molecular complexity index is 107. The van der Waals surface area contributed by atoms with Crippen molar-refractivity contribution in [1.29, 1.82) is 0 Å². The molecule has 12 heavy (non-hydrogen) atoms. The summed E-state index contributed by atoms with van der Waals surface area (Å²) in [5, 5.41) is 4.21. The molecular formula is C10H23NS. The molecule has 1 N–H and O–H groups in total. The van der Waals surface area contributed by atoms with Gasteiger partial charge in [-0.1, -0.05) is 27.7 Å². The van der Waals surface area contributed by atoms with Gasteiger partial charge >= 0.3 is 0 Å². The van der Waals surface area contributed by atoms with E-state index in [-0.39, 0.29) is 0 Å². The second kappa shape index (κ2) is 5.87. The average Bonchev–Trinajstić information content (AvgIpc) is 1.96. The summed E-state index contributed by atoms with van der Waals surface area (Å²) in [5.74, 6) is 0. The average molecular weight is 189 g/mol. The van der Waals surface area contributed by atoms with Crippen LogP contribution in [-0.2, 0) is 0 Å². The van der Waals surface area contributed by atoms with Crippen molar-refractivity contribution >= 4 is 11.8 Å². The van der Waals surface area contributed by atoms with Gasteiger partial charge in [0.15, 0.2) is 0 Å². The van der Waals surface area contributed by atoms with Gasteiger partial charge in [-0.3, -0.25) is 0 Å². The van der Waals surface area contributed by atoms with Crippen LogP contribution in [-0.4, -0.2) is 24.6 Å². The predicted octanol–water partition coefficient (Wildman–Crippen LogP) is 2.76. The van der Waals surface area contributed by atoms with Crippen molar-refractivity contribution in [2.24, 2.45) is 5.41 Å². The van der Waals surface area contributed by atoms with Crippen LogP contribution in [0.2, 0.25) is 0 Å². The quantitative estimate of drug-likeness (QED) is 0.667. The van der Waals surface area contributed by atoms with Crippen LogP contribution in [0.1, 0.15) is 34.1 Å². The minimum Gasteiger partial charge on any atom is -0.316 e. The Morgan fingerprint density at radius 3 is 2.33 bits per heavy atom. The molecule has 0 amide bonds. The summed E-state index contributed by atoms with van der Waals surface area (Å²) in [6, 6.07) is 0. The van der Waals surface area contributed by atoms with Crippen LogP contribution in [0.5, 0.6) is 0 Å². The van der Waals surface area contributed by atoms with Crippen molar-refractivity contribution in [2.75, 3.05) is 19.3 Å². The molecule has 74 valence electrons. The van der Waals surface area contributed by atoms with Crippen LogP contribution < -0.4 is 5.32 Å². The maximum Gasteiger partial charge on any atom is 0.0141 e. The van der Waals surface area contributed by atoms with E-state index in [0.29, 0.717) is 5.41 Å². The van der Waals surface area contributed by atoms with Gasteiger partial charge in [0.1, 0.15) is 0 Å². The Labute approximate surface area is 81.7 Å². The largest absolute Gasteiger partial charge is 0.316 e. The number of rotatable bonds is 5. The van der Waals surface area contributed by atoms with E-state index in [9.17, 15) is 0 Å². The maximum atomic E-state index is 3.47. The van der Waals surface area contributed by atoms with Gasteiger partial charge < -0.3 is 5.32 Å². The second-order valence-corrected chi connectivity index (χ2v) is 5.84. The fourth-order valence-corrected chi connectivity index (χ4v) is 1.14. The first-order valence-electron chi connectivity index (χ1n) is 4.69. The minimum atomic E-state index is 0.468. The Morgan fingerprint density at radius 1 is 1.33 bits per heavy atom. The molecule has 0 aromatic heterocycles. The third-order valence-corrected chi connectivity index (χ3v) is 2.86. The van der Waals surface area contributed by atoms with Gasteiger partial charge in [-0.2, -0.15) is 11.8 Å². The standard InChI is InChI=1S/C10H23NS/c1-9(12-5)8-11-7-6-10(2,3)4/h9,11H,6-8H2,1-5H3. The van der Waals surface area contributed by atoms with Crippen LogP contribution in [0, 0.1) is 5.41 Å². The van der Waals surface area contributed by atoms with E-state index in [1.807, 2.05) is 11.8 Å². The highest BCUT2D eigenvalue weighted by Crippen LogP contribution is 2.16. The van der Waals surface area contributed by atoms with Gasteiger partial charge in [-0.25, -0.2) is 0 Å². The van der Waals surface area contributed by atoms with E-state index >= 15 is 0 Å². The zero-order chi connectivity index (χ0) is 9.61. The van der Waals surface area contributed by atoms with E-state index < -0.39 is 0 Å². The van der Waals surface area contributed by atoms with Crippen molar-refractivity contribution in [3.63, 3.8) is 0 Å². The third kappa shape index (κ3) is 8.41. The number of hydrogen-bond donors (Lipinski definition) is 1. The van der Waals surface area contributed by atoms with Gasteiger partial charge in [0.25, 0.3) is 0 Å². The fraction of sp³-hybridized carbons (Fsp3) is 1.00. The van der Waals surface area contributed by atoms with Crippen LogP contribution in [0.4, 0.5) is 0 Å². The molecule has 0 aliphatic rings. The predicted molar refractivity (Wildman–Crippen MR) is 59.9 cm³/mol. The lowest BCUT2D eigenvalue weighted by atomic mass is 9.92. The molecule has 0 heterocycles. The molecule has 0 saturated heterocycles. The van der Waals surface area contributed by atoms with Crippen molar-refractivity contribution in [3.05, 3.63) is 0 Å². The molecule has 1 unspecified atom stereocenters. The lowest BCUT2D eigenvalue weighted by molar-refractivity contribution is 0.368. The molecule has 0 aromatic carbocycles. The first-order valence-corrected chi connectivity index (χ1v) is 5.98.